The quantitative estimate of drug-likeness (QED) is 0.706. The second kappa shape index (κ2) is 3.46. The summed E-state index contributed by atoms with van der Waals surface area (Å²) in [5.41, 5.74) is -0.987. The summed E-state index contributed by atoms with van der Waals surface area (Å²) in [4.78, 5) is 12.0. The number of nitrogens with one attached hydrogen (secondary N) is 1. The Hall–Kier alpha value is -0.610. The molecule has 4 heteroatoms. The fourth-order valence-corrected chi connectivity index (χ4v) is 1.56. The van der Waals surface area contributed by atoms with Gasteiger partial charge in [0, 0.05) is 6.04 Å². The number of carbonyl (C=O) groups is 1. The zero-order chi connectivity index (χ0) is 11.1. The van der Waals surface area contributed by atoms with E-state index in [2.05, 4.69) is 5.32 Å². The maximum absolute atomic E-state index is 12.0. The summed E-state index contributed by atoms with van der Waals surface area (Å²) in [6, 6.07) is 0.487. The van der Waals surface area contributed by atoms with E-state index in [0.29, 0.717) is 19.3 Å². The molecule has 1 aliphatic carbocycles. The van der Waals surface area contributed by atoms with Crippen molar-refractivity contribution >= 4 is 5.97 Å². The molecule has 2 aliphatic rings. The highest BCUT2D eigenvalue weighted by atomic mass is 16.6. The van der Waals surface area contributed by atoms with Crippen LogP contribution in [-0.2, 0) is 14.3 Å². The number of ether oxygens (including phenoxy) is 2. The van der Waals surface area contributed by atoms with Crippen LogP contribution < -0.4 is 5.32 Å². The molecule has 0 radical (unpaired) electrons. The minimum Gasteiger partial charge on any atom is -0.458 e. The normalized spacial score (nSPS) is 24.5. The fraction of sp³-hybridized carbons (Fsp3) is 0.909. The molecule has 0 aromatic carbocycles. The molecule has 86 valence electrons. The Kier molecular flexibility index (Phi) is 2.51. The average Bonchev–Trinajstić information content (AvgIpc) is 2.75. The van der Waals surface area contributed by atoms with Crippen molar-refractivity contribution in [2.24, 2.45) is 0 Å². The van der Waals surface area contributed by atoms with Crippen LogP contribution in [0.3, 0.4) is 0 Å². The third-order valence-electron chi connectivity index (χ3n) is 2.54. The van der Waals surface area contributed by atoms with Crippen molar-refractivity contribution in [3.8, 4) is 0 Å². The van der Waals surface area contributed by atoms with Gasteiger partial charge in [-0.3, -0.25) is 5.32 Å². The summed E-state index contributed by atoms with van der Waals surface area (Å²) < 4.78 is 10.5. The average molecular weight is 213 g/mol. The molecule has 15 heavy (non-hydrogen) atoms. The molecule has 1 N–H and O–H groups in total. The van der Waals surface area contributed by atoms with Crippen molar-refractivity contribution in [3.63, 3.8) is 0 Å². The van der Waals surface area contributed by atoms with Gasteiger partial charge in [-0.1, -0.05) is 0 Å². The first kappa shape index (κ1) is 10.9. The highest BCUT2D eigenvalue weighted by Gasteiger charge is 2.51. The Morgan fingerprint density at radius 2 is 2.00 bits per heavy atom. The molecule has 0 unspecified atom stereocenters. The Morgan fingerprint density at radius 1 is 1.40 bits per heavy atom. The Morgan fingerprint density at radius 3 is 2.33 bits per heavy atom. The van der Waals surface area contributed by atoms with Crippen molar-refractivity contribution in [3.05, 3.63) is 0 Å². The van der Waals surface area contributed by atoms with Crippen LogP contribution in [0, 0.1) is 0 Å². The van der Waals surface area contributed by atoms with Crippen LogP contribution in [0.1, 0.15) is 33.6 Å². The number of carbonyl (C=O) groups excluding carboxylic acids is 1. The molecule has 0 atom stereocenters. The molecule has 0 spiro atoms. The molecule has 0 bridgehead atoms. The van der Waals surface area contributed by atoms with E-state index in [9.17, 15) is 4.79 Å². The molecule has 0 aromatic rings. The van der Waals surface area contributed by atoms with Crippen molar-refractivity contribution in [2.45, 2.75) is 50.8 Å². The lowest BCUT2D eigenvalue weighted by atomic mass is 9.97. The fourth-order valence-electron chi connectivity index (χ4n) is 1.56. The number of esters is 1. The van der Waals surface area contributed by atoms with Gasteiger partial charge in [-0.2, -0.15) is 0 Å². The van der Waals surface area contributed by atoms with Gasteiger partial charge in [0.2, 0.25) is 0 Å². The first-order valence-corrected chi connectivity index (χ1v) is 5.50. The molecule has 1 saturated carbocycles. The van der Waals surface area contributed by atoms with Gasteiger partial charge in [0.25, 0.3) is 0 Å². The van der Waals surface area contributed by atoms with Crippen LogP contribution in [0.5, 0.6) is 0 Å². The Balaban J connectivity index is 1.95. The largest absolute Gasteiger partial charge is 0.458 e. The smallest absolute Gasteiger partial charge is 0.331 e. The van der Waals surface area contributed by atoms with Gasteiger partial charge < -0.3 is 9.47 Å². The lowest BCUT2D eigenvalue weighted by Gasteiger charge is -2.41. The molecular weight excluding hydrogens is 194 g/mol. The van der Waals surface area contributed by atoms with E-state index in [-0.39, 0.29) is 5.97 Å². The molecule has 1 saturated heterocycles. The summed E-state index contributed by atoms with van der Waals surface area (Å²) in [6.45, 7) is 6.54. The first-order valence-electron chi connectivity index (χ1n) is 5.50. The van der Waals surface area contributed by atoms with Crippen molar-refractivity contribution in [2.75, 3.05) is 13.2 Å². The summed E-state index contributed by atoms with van der Waals surface area (Å²) >= 11 is 0. The van der Waals surface area contributed by atoms with Crippen LogP contribution in [0.25, 0.3) is 0 Å². The topological polar surface area (TPSA) is 47.6 Å². The lowest BCUT2D eigenvalue weighted by Crippen LogP contribution is -2.67. The van der Waals surface area contributed by atoms with Gasteiger partial charge in [0.15, 0.2) is 5.54 Å². The number of hydrogen-bond donors (Lipinski definition) is 1. The molecule has 4 nitrogen and oxygen atoms in total. The second-order valence-corrected chi connectivity index (χ2v) is 5.50. The molecule has 0 amide bonds. The maximum atomic E-state index is 12.0. The van der Waals surface area contributed by atoms with Gasteiger partial charge in [-0.15, -0.1) is 0 Å². The van der Waals surface area contributed by atoms with Gasteiger partial charge in [0.05, 0.1) is 13.2 Å². The number of hydrogen-bond acceptors (Lipinski definition) is 4. The molecule has 2 fully saturated rings. The van der Waals surface area contributed by atoms with E-state index >= 15 is 0 Å². The van der Waals surface area contributed by atoms with Gasteiger partial charge in [-0.05, 0) is 33.6 Å². The third kappa shape index (κ3) is 2.49. The summed E-state index contributed by atoms with van der Waals surface area (Å²) in [6.07, 6.45) is 2.31. The van der Waals surface area contributed by atoms with E-state index in [1.54, 1.807) is 0 Å². The first-order chi connectivity index (χ1) is 6.91. The predicted octanol–water partition coefficient (Wildman–Crippen LogP) is 0.849. The van der Waals surface area contributed by atoms with Crippen molar-refractivity contribution in [1.82, 2.24) is 5.32 Å². The molecule has 0 aromatic heterocycles. The minimum absolute atomic E-state index is 0.173. The molecule has 2 rings (SSSR count). The number of rotatable bonds is 3. The molecule has 1 aliphatic heterocycles. The van der Waals surface area contributed by atoms with Gasteiger partial charge >= 0.3 is 5.97 Å². The van der Waals surface area contributed by atoms with Crippen LogP contribution in [0.4, 0.5) is 0 Å². The monoisotopic (exact) mass is 213 g/mol. The minimum atomic E-state index is -0.561. The highest BCUT2D eigenvalue weighted by molar-refractivity contribution is 5.82. The summed E-state index contributed by atoms with van der Waals surface area (Å²) in [5.74, 6) is -0.173. The lowest BCUT2D eigenvalue weighted by molar-refractivity contribution is -0.183. The predicted molar refractivity (Wildman–Crippen MR) is 55.6 cm³/mol. The van der Waals surface area contributed by atoms with Crippen molar-refractivity contribution in [1.29, 1.82) is 0 Å². The Bertz CT molecular complexity index is 261. The van der Waals surface area contributed by atoms with Crippen LogP contribution in [-0.4, -0.2) is 36.4 Å². The third-order valence-corrected chi connectivity index (χ3v) is 2.54. The van der Waals surface area contributed by atoms with Gasteiger partial charge in [-0.25, -0.2) is 4.79 Å². The second-order valence-electron chi connectivity index (χ2n) is 5.50. The highest BCUT2D eigenvalue weighted by Crippen LogP contribution is 2.28. The van der Waals surface area contributed by atoms with Crippen LogP contribution in [0.2, 0.25) is 0 Å². The zero-order valence-electron chi connectivity index (χ0n) is 9.63. The van der Waals surface area contributed by atoms with E-state index in [1.807, 2.05) is 20.8 Å². The molecular formula is C11H19NO3. The summed E-state index contributed by atoms with van der Waals surface area (Å²) in [7, 11) is 0. The van der Waals surface area contributed by atoms with E-state index in [0.717, 1.165) is 12.8 Å². The molecule has 1 heterocycles. The SMILES string of the molecule is CC(C)(C)OC(=O)C1(NC2CC2)COC1. The van der Waals surface area contributed by atoms with E-state index in [4.69, 9.17) is 9.47 Å². The zero-order valence-corrected chi connectivity index (χ0v) is 9.63. The van der Waals surface area contributed by atoms with Crippen LogP contribution in [0.15, 0.2) is 0 Å². The maximum Gasteiger partial charge on any atom is 0.331 e. The van der Waals surface area contributed by atoms with E-state index in [1.165, 1.54) is 0 Å². The van der Waals surface area contributed by atoms with Gasteiger partial charge in [0.1, 0.15) is 5.60 Å². The van der Waals surface area contributed by atoms with Crippen molar-refractivity contribution < 1.29 is 14.3 Å². The van der Waals surface area contributed by atoms with Crippen LogP contribution >= 0.6 is 0 Å². The standard InChI is InChI=1S/C11H19NO3/c1-10(2,3)15-9(13)11(6-14-7-11)12-8-4-5-8/h8,12H,4-7H2,1-3H3. The van der Waals surface area contributed by atoms with E-state index < -0.39 is 11.1 Å². The summed E-state index contributed by atoms with van der Waals surface area (Å²) in [5, 5.41) is 3.33. The Labute approximate surface area is 90.3 Å².